The fourth-order valence-corrected chi connectivity index (χ4v) is 4.45. The summed E-state index contributed by atoms with van der Waals surface area (Å²) in [4.78, 5) is 2.58. The zero-order chi connectivity index (χ0) is 20.7. The number of hydrogen-bond donors (Lipinski definition) is 1. The van der Waals surface area contributed by atoms with Gasteiger partial charge >= 0.3 is 0 Å². The van der Waals surface area contributed by atoms with Crippen LogP contribution in [0.25, 0.3) is 0 Å². The quantitative estimate of drug-likeness (QED) is 0.602. The van der Waals surface area contributed by atoms with Crippen LogP contribution in [-0.4, -0.2) is 45.9 Å². The normalized spacial score (nSPS) is 14.5. The molecule has 156 valence electrons. The molecule has 0 radical (unpaired) electrons. The lowest BCUT2D eigenvalue weighted by atomic mass is 10.2. The highest BCUT2D eigenvalue weighted by Gasteiger charge is 2.27. The number of nitrogens with one attached hydrogen (secondary N) is 1. The molecule has 0 saturated heterocycles. The molecule has 2 aromatic carbocycles. The number of benzene rings is 2. The summed E-state index contributed by atoms with van der Waals surface area (Å²) >= 11 is 0. The van der Waals surface area contributed by atoms with Gasteiger partial charge in [0.2, 0.25) is 0 Å². The minimum Gasteiger partial charge on any atom is -0.494 e. The maximum absolute atomic E-state index is 12.0. The highest BCUT2D eigenvalue weighted by molar-refractivity contribution is 7.90. The van der Waals surface area contributed by atoms with Crippen LogP contribution in [0.2, 0.25) is 0 Å². The first-order valence-electron chi connectivity index (χ1n) is 10.1. The summed E-state index contributed by atoms with van der Waals surface area (Å²) in [7, 11) is -1.43. The second kappa shape index (κ2) is 9.89. The summed E-state index contributed by atoms with van der Waals surface area (Å²) in [5, 5.41) is 3.12. The van der Waals surface area contributed by atoms with Gasteiger partial charge in [-0.05, 0) is 56.3 Å². The van der Waals surface area contributed by atoms with Crippen LogP contribution in [-0.2, 0) is 16.6 Å². The van der Waals surface area contributed by atoms with Gasteiger partial charge in [0.15, 0.2) is 0 Å². The number of ether oxygens (including phenoxy) is 1. The van der Waals surface area contributed by atoms with Crippen molar-refractivity contribution >= 4 is 15.9 Å². The van der Waals surface area contributed by atoms with Crippen LogP contribution in [0.4, 0.5) is 0 Å². The van der Waals surface area contributed by atoms with E-state index in [4.69, 9.17) is 4.74 Å². The lowest BCUT2D eigenvalue weighted by Crippen LogP contribution is -2.25. The molecule has 0 aliphatic carbocycles. The molecule has 6 nitrogen and oxygen atoms in total. The Hall–Kier alpha value is -2.38. The maximum Gasteiger partial charge on any atom is 0.285 e. The molecule has 0 saturated carbocycles. The fourth-order valence-electron chi connectivity index (χ4n) is 3.25. The number of amidine groups is 1. The van der Waals surface area contributed by atoms with Gasteiger partial charge in [-0.1, -0.05) is 37.6 Å². The molecule has 0 amide bonds. The van der Waals surface area contributed by atoms with Gasteiger partial charge in [-0.25, -0.2) is 0 Å². The summed E-state index contributed by atoms with van der Waals surface area (Å²) in [6.07, 6.45) is 3.14. The topological polar surface area (TPSA) is 71.0 Å². The number of unbranched alkanes of at least 4 members (excludes halogenated alkanes) is 1. The van der Waals surface area contributed by atoms with Gasteiger partial charge in [-0.15, -0.1) is 4.40 Å². The Morgan fingerprint density at radius 2 is 1.93 bits per heavy atom. The first kappa shape index (κ1) is 21.3. The number of sulfonamides is 1. The number of hydrogen-bond acceptors (Lipinski definition) is 5. The van der Waals surface area contributed by atoms with E-state index >= 15 is 0 Å². The van der Waals surface area contributed by atoms with Crippen LogP contribution in [0, 0.1) is 0 Å². The van der Waals surface area contributed by atoms with Crippen LogP contribution >= 0.6 is 0 Å². The van der Waals surface area contributed by atoms with E-state index < -0.39 is 10.0 Å². The van der Waals surface area contributed by atoms with Crippen LogP contribution in [0.15, 0.2) is 57.8 Å². The number of fused-ring (bicyclic) bond motifs is 1. The molecule has 1 aliphatic heterocycles. The Bertz CT molecular complexity index is 957. The molecule has 1 heterocycles. The minimum atomic E-state index is -3.57. The van der Waals surface area contributed by atoms with E-state index in [-0.39, 0.29) is 4.90 Å². The summed E-state index contributed by atoms with van der Waals surface area (Å²) < 4.78 is 33.8. The summed E-state index contributed by atoms with van der Waals surface area (Å²) in [5.41, 5.74) is 1.87. The first-order chi connectivity index (χ1) is 14.0. The molecule has 0 bridgehead atoms. The zero-order valence-electron chi connectivity index (χ0n) is 17.1. The van der Waals surface area contributed by atoms with Crippen LogP contribution in [0.1, 0.15) is 37.3 Å². The second-order valence-corrected chi connectivity index (χ2v) is 8.85. The predicted octanol–water partition coefficient (Wildman–Crippen LogP) is 3.43. The van der Waals surface area contributed by atoms with E-state index in [1.807, 2.05) is 18.2 Å². The number of rotatable bonds is 10. The smallest absolute Gasteiger partial charge is 0.285 e. The molecule has 2 aromatic rings. The van der Waals surface area contributed by atoms with Gasteiger partial charge in [0.25, 0.3) is 10.0 Å². The zero-order valence-corrected chi connectivity index (χ0v) is 17.9. The van der Waals surface area contributed by atoms with Gasteiger partial charge in [0.05, 0.1) is 6.61 Å². The SMILES string of the molecule is CCCCN(C)Cc1cccc(OCCCNC2=NS(=O)(=O)c3ccccc32)c1. The van der Waals surface area contributed by atoms with Crippen molar-refractivity contribution in [2.75, 3.05) is 26.7 Å². The van der Waals surface area contributed by atoms with Crippen LogP contribution in [0.3, 0.4) is 0 Å². The van der Waals surface area contributed by atoms with Crippen molar-refractivity contribution in [3.8, 4) is 5.75 Å². The van der Waals surface area contributed by atoms with Gasteiger partial charge in [0, 0.05) is 18.7 Å². The first-order valence-corrected chi connectivity index (χ1v) is 11.5. The van der Waals surface area contributed by atoms with E-state index in [9.17, 15) is 8.42 Å². The summed E-state index contributed by atoms with van der Waals surface area (Å²) in [6.45, 7) is 5.34. The van der Waals surface area contributed by atoms with E-state index in [1.165, 1.54) is 18.4 Å². The van der Waals surface area contributed by atoms with E-state index in [0.29, 0.717) is 24.6 Å². The van der Waals surface area contributed by atoms with Gasteiger partial charge in [-0.2, -0.15) is 8.42 Å². The van der Waals surface area contributed by atoms with Crippen molar-refractivity contribution < 1.29 is 13.2 Å². The van der Waals surface area contributed by atoms with Gasteiger partial charge < -0.3 is 15.0 Å². The Morgan fingerprint density at radius 3 is 2.76 bits per heavy atom. The average Bonchev–Trinajstić information content (AvgIpc) is 2.97. The van der Waals surface area contributed by atoms with Gasteiger partial charge in [0.1, 0.15) is 16.5 Å². The summed E-state index contributed by atoms with van der Waals surface area (Å²) in [5.74, 6) is 1.27. The van der Waals surface area contributed by atoms with Crippen molar-refractivity contribution in [3.63, 3.8) is 0 Å². The standard InChI is InChI=1S/C22H29N3O3S/c1-3-4-14-25(2)17-18-9-7-10-19(16-18)28-15-8-13-23-22-20-11-5-6-12-21(20)29(26,27)24-22/h5-7,9-12,16H,3-4,8,13-15,17H2,1-2H3,(H,23,24). The lowest BCUT2D eigenvalue weighted by molar-refractivity contribution is 0.306. The van der Waals surface area contributed by atoms with E-state index in [2.05, 4.69) is 40.7 Å². The molecule has 7 heteroatoms. The highest BCUT2D eigenvalue weighted by Crippen LogP contribution is 2.24. The molecule has 1 aliphatic rings. The molecular weight excluding hydrogens is 386 g/mol. The summed E-state index contributed by atoms with van der Waals surface area (Å²) in [6, 6.07) is 15.1. The second-order valence-electron chi connectivity index (χ2n) is 7.28. The Morgan fingerprint density at radius 1 is 1.10 bits per heavy atom. The Balaban J connectivity index is 1.44. The molecule has 0 atom stereocenters. The predicted molar refractivity (Wildman–Crippen MR) is 116 cm³/mol. The van der Waals surface area contributed by atoms with E-state index in [1.54, 1.807) is 18.2 Å². The highest BCUT2D eigenvalue weighted by atomic mass is 32.2. The monoisotopic (exact) mass is 415 g/mol. The van der Waals surface area contributed by atoms with Crippen molar-refractivity contribution in [3.05, 3.63) is 59.7 Å². The van der Waals surface area contributed by atoms with Crippen molar-refractivity contribution in [2.45, 2.75) is 37.6 Å². The molecule has 0 spiro atoms. The molecule has 1 N–H and O–H groups in total. The third-order valence-corrected chi connectivity index (χ3v) is 6.09. The maximum atomic E-state index is 12.0. The molecule has 3 rings (SSSR count). The average molecular weight is 416 g/mol. The largest absolute Gasteiger partial charge is 0.494 e. The molecule has 29 heavy (non-hydrogen) atoms. The van der Waals surface area contributed by atoms with Crippen LogP contribution in [0.5, 0.6) is 5.75 Å². The van der Waals surface area contributed by atoms with Crippen molar-refractivity contribution in [2.24, 2.45) is 4.40 Å². The lowest BCUT2D eigenvalue weighted by Gasteiger charge is -2.16. The van der Waals surface area contributed by atoms with Gasteiger partial charge in [-0.3, -0.25) is 0 Å². The molecule has 0 aromatic heterocycles. The van der Waals surface area contributed by atoms with E-state index in [0.717, 1.165) is 25.3 Å². The Kier molecular flexibility index (Phi) is 7.28. The molecular formula is C22H29N3O3S. The molecule has 0 fully saturated rings. The molecule has 0 unspecified atom stereocenters. The third-order valence-electron chi connectivity index (χ3n) is 4.76. The Labute approximate surface area is 173 Å². The van der Waals surface area contributed by atoms with Crippen molar-refractivity contribution in [1.29, 1.82) is 0 Å². The van der Waals surface area contributed by atoms with Crippen molar-refractivity contribution in [1.82, 2.24) is 10.2 Å². The number of nitrogens with zero attached hydrogens (tertiary/aromatic N) is 2. The minimum absolute atomic E-state index is 0.263. The van der Waals surface area contributed by atoms with Crippen LogP contribution < -0.4 is 10.1 Å². The fraction of sp³-hybridized carbons (Fsp3) is 0.409. The third kappa shape index (κ3) is 5.81.